The quantitative estimate of drug-likeness (QED) is 0.663. The van der Waals surface area contributed by atoms with Crippen molar-refractivity contribution in [3.05, 3.63) is 39.8 Å². The fourth-order valence-corrected chi connectivity index (χ4v) is 2.03. The molecule has 1 saturated carbocycles. The smallest absolute Gasteiger partial charge is 0.284 e. The van der Waals surface area contributed by atoms with Gasteiger partial charge in [-0.25, -0.2) is 0 Å². The molecule has 0 aliphatic heterocycles. The van der Waals surface area contributed by atoms with Crippen molar-refractivity contribution in [1.82, 2.24) is 15.5 Å². The first-order chi connectivity index (χ1) is 9.65. The van der Waals surface area contributed by atoms with Crippen LogP contribution in [0.2, 0.25) is 0 Å². The van der Waals surface area contributed by atoms with Gasteiger partial charge in [0.25, 0.3) is 11.6 Å². The van der Waals surface area contributed by atoms with Crippen LogP contribution in [0.5, 0.6) is 0 Å². The van der Waals surface area contributed by atoms with Gasteiger partial charge in [0.2, 0.25) is 5.89 Å². The summed E-state index contributed by atoms with van der Waals surface area (Å²) in [6, 6.07) is 5.59. The molecule has 1 aromatic heterocycles. The molecule has 1 aromatic carbocycles. The van der Waals surface area contributed by atoms with Crippen molar-refractivity contribution in [2.45, 2.75) is 32.4 Å². The van der Waals surface area contributed by atoms with Crippen molar-refractivity contribution >= 4 is 5.69 Å². The van der Waals surface area contributed by atoms with Gasteiger partial charge < -0.3 is 9.73 Å². The van der Waals surface area contributed by atoms with Crippen LogP contribution in [0.3, 0.4) is 0 Å². The molecule has 3 rings (SSSR count). The molecule has 1 aliphatic rings. The van der Waals surface area contributed by atoms with Crippen molar-refractivity contribution in [2.75, 3.05) is 0 Å². The second kappa shape index (κ2) is 5.01. The largest absolute Gasteiger partial charge is 0.419 e. The fraction of sp³-hybridized carbons (Fsp3) is 0.385. The zero-order chi connectivity index (χ0) is 14.1. The Labute approximate surface area is 115 Å². The summed E-state index contributed by atoms with van der Waals surface area (Å²) in [7, 11) is 0. The van der Waals surface area contributed by atoms with Gasteiger partial charge in [0, 0.05) is 11.6 Å². The number of nitro groups is 1. The minimum Gasteiger partial charge on any atom is -0.419 e. The molecule has 20 heavy (non-hydrogen) atoms. The maximum Gasteiger partial charge on any atom is 0.284 e. The maximum atomic E-state index is 11.1. The Kier molecular flexibility index (Phi) is 3.19. The molecule has 104 valence electrons. The van der Waals surface area contributed by atoms with Gasteiger partial charge in [-0.2, -0.15) is 0 Å². The Morgan fingerprint density at radius 1 is 1.45 bits per heavy atom. The fourth-order valence-electron chi connectivity index (χ4n) is 2.03. The Hall–Kier alpha value is -2.28. The highest BCUT2D eigenvalue weighted by atomic mass is 16.6. The lowest BCUT2D eigenvalue weighted by molar-refractivity contribution is -0.384. The second-order valence-electron chi connectivity index (χ2n) is 4.88. The summed E-state index contributed by atoms with van der Waals surface area (Å²) in [6.07, 6.45) is 2.34. The molecule has 0 unspecified atom stereocenters. The van der Waals surface area contributed by atoms with Gasteiger partial charge in [0.05, 0.1) is 11.5 Å². The van der Waals surface area contributed by atoms with Crippen LogP contribution in [0.15, 0.2) is 22.6 Å². The first-order valence-corrected chi connectivity index (χ1v) is 6.45. The van der Waals surface area contributed by atoms with E-state index in [1.807, 2.05) is 0 Å². The van der Waals surface area contributed by atoms with Crippen LogP contribution in [-0.4, -0.2) is 21.2 Å². The molecule has 0 saturated heterocycles. The van der Waals surface area contributed by atoms with Crippen LogP contribution in [-0.2, 0) is 6.54 Å². The highest BCUT2D eigenvalue weighted by molar-refractivity contribution is 5.69. The van der Waals surface area contributed by atoms with E-state index in [1.165, 1.54) is 12.8 Å². The monoisotopic (exact) mass is 274 g/mol. The normalized spacial score (nSPS) is 14.4. The third kappa shape index (κ3) is 2.53. The predicted octanol–water partition coefficient (Wildman–Crippen LogP) is 2.21. The van der Waals surface area contributed by atoms with Gasteiger partial charge in [-0.15, -0.1) is 10.2 Å². The molecule has 1 aliphatic carbocycles. The molecular weight excluding hydrogens is 260 g/mol. The van der Waals surface area contributed by atoms with Crippen LogP contribution in [0.1, 0.15) is 24.3 Å². The van der Waals surface area contributed by atoms with Crippen LogP contribution >= 0.6 is 0 Å². The molecule has 0 spiro atoms. The van der Waals surface area contributed by atoms with Crippen molar-refractivity contribution in [3.8, 4) is 11.5 Å². The number of nitrogens with zero attached hydrogens (tertiary/aromatic N) is 3. The number of para-hydroxylation sites is 1. The number of aryl methyl sites for hydroxylation is 1. The first kappa shape index (κ1) is 12.7. The molecule has 0 amide bonds. The lowest BCUT2D eigenvalue weighted by Gasteiger charge is -2.01. The van der Waals surface area contributed by atoms with E-state index in [1.54, 1.807) is 25.1 Å². The minimum atomic E-state index is -0.420. The summed E-state index contributed by atoms with van der Waals surface area (Å²) in [4.78, 5) is 10.7. The lowest BCUT2D eigenvalue weighted by atomic mass is 10.1. The standard InChI is InChI=1S/C13H14N4O3/c1-8-3-2-4-10(12(8)17(18)19)13-16-15-11(20-13)7-14-9-5-6-9/h2-4,9,14H,5-7H2,1H3. The van der Waals surface area contributed by atoms with Gasteiger partial charge in [-0.1, -0.05) is 12.1 Å². The van der Waals surface area contributed by atoms with E-state index < -0.39 is 4.92 Å². The van der Waals surface area contributed by atoms with Crippen molar-refractivity contribution < 1.29 is 9.34 Å². The topological polar surface area (TPSA) is 94.1 Å². The molecule has 2 aromatic rings. The lowest BCUT2D eigenvalue weighted by Crippen LogP contribution is -2.15. The molecule has 0 bridgehead atoms. The zero-order valence-electron chi connectivity index (χ0n) is 11.0. The molecule has 7 heteroatoms. The van der Waals surface area contributed by atoms with E-state index in [4.69, 9.17) is 4.42 Å². The van der Waals surface area contributed by atoms with E-state index in [9.17, 15) is 10.1 Å². The maximum absolute atomic E-state index is 11.1. The minimum absolute atomic E-state index is 0.0119. The third-order valence-corrected chi connectivity index (χ3v) is 3.24. The van der Waals surface area contributed by atoms with Gasteiger partial charge in [-0.3, -0.25) is 10.1 Å². The number of benzene rings is 1. The van der Waals surface area contributed by atoms with Gasteiger partial charge >= 0.3 is 0 Å². The number of rotatable bonds is 5. The summed E-state index contributed by atoms with van der Waals surface area (Å²) < 4.78 is 5.50. The highest BCUT2D eigenvalue weighted by Gasteiger charge is 2.24. The highest BCUT2D eigenvalue weighted by Crippen LogP contribution is 2.31. The average molecular weight is 274 g/mol. The summed E-state index contributed by atoms with van der Waals surface area (Å²) in [5.41, 5.74) is 0.946. The molecule has 7 nitrogen and oxygen atoms in total. The number of nitrogens with one attached hydrogen (secondary N) is 1. The van der Waals surface area contributed by atoms with E-state index in [-0.39, 0.29) is 11.6 Å². The molecule has 0 atom stereocenters. The van der Waals surface area contributed by atoms with Crippen molar-refractivity contribution in [1.29, 1.82) is 0 Å². The Morgan fingerprint density at radius 2 is 2.25 bits per heavy atom. The van der Waals surface area contributed by atoms with Gasteiger partial charge in [-0.05, 0) is 25.8 Å². The van der Waals surface area contributed by atoms with E-state index >= 15 is 0 Å². The van der Waals surface area contributed by atoms with Gasteiger partial charge in [0.1, 0.15) is 5.56 Å². The third-order valence-electron chi connectivity index (χ3n) is 3.24. The zero-order valence-corrected chi connectivity index (χ0v) is 11.0. The van der Waals surface area contributed by atoms with Crippen LogP contribution in [0, 0.1) is 17.0 Å². The number of hydrogen-bond donors (Lipinski definition) is 1. The Bertz CT molecular complexity index is 649. The number of aromatic nitrogens is 2. The molecule has 1 N–H and O–H groups in total. The number of nitro benzene ring substituents is 1. The van der Waals surface area contributed by atoms with Crippen LogP contribution in [0.4, 0.5) is 5.69 Å². The molecule has 1 fully saturated rings. The predicted molar refractivity (Wildman–Crippen MR) is 71.0 cm³/mol. The van der Waals surface area contributed by atoms with Gasteiger partial charge in [0.15, 0.2) is 0 Å². The molecule has 0 radical (unpaired) electrons. The summed E-state index contributed by atoms with van der Waals surface area (Å²) in [5.74, 6) is 0.635. The first-order valence-electron chi connectivity index (χ1n) is 6.45. The average Bonchev–Trinajstić information content (AvgIpc) is 3.13. The van der Waals surface area contributed by atoms with E-state index in [0.717, 1.165) is 0 Å². The van der Waals surface area contributed by atoms with Crippen molar-refractivity contribution in [2.24, 2.45) is 0 Å². The second-order valence-corrected chi connectivity index (χ2v) is 4.88. The summed E-state index contributed by atoms with van der Waals surface area (Å²) in [6.45, 7) is 2.19. The summed E-state index contributed by atoms with van der Waals surface area (Å²) >= 11 is 0. The van der Waals surface area contributed by atoms with Crippen LogP contribution < -0.4 is 5.32 Å². The SMILES string of the molecule is Cc1cccc(-c2nnc(CNC3CC3)o2)c1[N+](=O)[O-]. The molecular formula is C13H14N4O3. The van der Waals surface area contributed by atoms with E-state index in [2.05, 4.69) is 15.5 Å². The molecule has 1 heterocycles. The van der Waals surface area contributed by atoms with Crippen LogP contribution in [0.25, 0.3) is 11.5 Å². The summed E-state index contributed by atoms with van der Waals surface area (Å²) in [5, 5.41) is 22.2. The van der Waals surface area contributed by atoms with E-state index in [0.29, 0.717) is 29.6 Å². The Morgan fingerprint density at radius 3 is 2.95 bits per heavy atom. The Balaban J connectivity index is 1.88. The van der Waals surface area contributed by atoms with Crippen molar-refractivity contribution in [3.63, 3.8) is 0 Å². The number of hydrogen-bond acceptors (Lipinski definition) is 6.